The predicted octanol–water partition coefficient (Wildman–Crippen LogP) is 4.51. The van der Waals surface area contributed by atoms with Gasteiger partial charge < -0.3 is 14.6 Å². The molecule has 1 N–H and O–H groups in total. The number of aromatic nitrogens is 1. The van der Waals surface area contributed by atoms with E-state index in [1.54, 1.807) is 0 Å². The van der Waals surface area contributed by atoms with Crippen molar-refractivity contribution in [2.45, 2.75) is 39.9 Å². The van der Waals surface area contributed by atoms with Gasteiger partial charge in [0.1, 0.15) is 12.4 Å². The Hall–Kier alpha value is -2.44. The number of hydrogen-bond acceptors (Lipinski definition) is 2. The average molecular weight is 368 g/mol. The van der Waals surface area contributed by atoms with E-state index in [9.17, 15) is 18.0 Å². The van der Waals surface area contributed by atoms with Gasteiger partial charge in [0.2, 0.25) is 0 Å². The first kappa shape index (κ1) is 19.9. The van der Waals surface area contributed by atoms with Crippen molar-refractivity contribution in [3.8, 4) is 5.75 Å². The maximum absolute atomic E-state index is 12.5. The van der Waals surface area contributed by atoms with Crippen molar-refractivity contribution in [3.05, 3.63) is 52.8 Å². The van der Waals surface area contributed by atoms with E-state index in [1.165, 1.54) is 12.1 Å². The van der Waals surface area contributed by atoms with Crippen LogP contribution in [0.1, 0.15) is 47.2 Å². The van der Waals surface area contributed by atoms with Crippen LogP contribution in [0.2, 0.25) is 0 Å². The SMILES string of the molecule is Cc1cc(C(=O)NCCOc2ccc(C(F)(F)F)cc2)c(C)n1C(C)C. The Morgan fingerprint density at radius 3 is 2.31 bits per heavy atom. The van der Waals surface area contributed by atoms with Gasteiger partial charge >= 0.3 is 6.18 Å². The molecule has 0 aliphatic heterocycles. The molecule has 2 aromatic rings. The summed E-state index contributed by atoms with van der Waals surface area (Å²) in [4.78, 5) is 12.3. The van der Waals surface area contributed by atoms with E-state index >= 15 is 0 Å². The van der Waals surface area contributed by atoms with Crippen LogP contribution in [0.25, 0.3) is 0 Å². The lowest BCUT2D eigenvalue weighted by molar-refractivity contribution is -0.137. The van der Waals surface area contributed by atoms with Gasteiger partial charge in [-0.3, -0.25) is 4.79 Å². The number of halogens is 3. The molecule has 4 nitrogen and oxygen atoms in total. The standard InChI is InChI=1S/C19H23F3N2O2/c1-12(2)24-13(3)11-17(14(24)4)18(25)23-9-10-26-16-7-5-15(6-8-16)19(20,21)22/h5-8,11-12H,9-10H2,1-4H3,(H,23,25). The molecule has 0 aliphatic carbocycles. The van der Waals surface area contributed by atoms with Gasteiger partial charge in [-0.1, -0.05) is 0 Å². The van der Waals surface area contributed by atoms with Gasteiger partial charge in [0.15, 0.2) is 0 Å². The summed E-state index contributed by atoms with van der Waals surface area (Å²) in [6, 6.07) is 6.58. The zero-order valence-electron chi connectivity index (χ0n) is 15.3. The third-order valence-corrected chi connectivity index (χ3v) is 4.08. The van der Waals surface area contributed by atoms with Crippen LogP contribution in [0.15, 0.2) is 30.3 Å². The Kier molecular flexibility index (Phi) is 6.00. The molecule has 26 heavy (non-hydrogen) atoms. The summed E-state index contributed by atoms with van der Waals surface area (Å²) in [7, 11) is 0. The molecule has 0 fully saturated rings. The number of rotatable bonds is 6. The number of amides is 1. The number of nitrogens with one attached hydrogen (secondary N) is 1. The normalized spacial score (nSPS) is 11.7. The summed E-state index contributed by atoms with van der Waals surface area (Å²) in [5, 5.41) is 2.77. The first-order valence-corrected chi connectivity index (χ1v) is 8.38. The van der Waals surface area contributed by atoms with Crippen LogP contribution in [0.3, 0.4) is 0 Å². The van der Waals surface area contributed by atoms with Gasteiger partial charge in [-0.2, -0.15) is 13.2 Å². The fourth-order valence-electron chi connectivity index (χ4n) is 2.97. The number of aryl methyl sites for hydroxylation is 1. The summed E-state index contributed by atoms with van der Waals surface area (Å²) in [6.07, 6.45) is -4.37. The first-order chi connectivity index (χ1) is 12.1. The molecule has 142 valence electrons. The lowest BCUT2D eigenvalue weighted by Gasteiger charge is -2.13. The third-order valence-electron chi connectivity index (χ3n) is 4.08. The van der Waals surface area contributed by atoms with E-state index in [0.717, 1.165) is 23.5 Å². The van der Waals surface area contributed by atoms with Gasteiger partial charge in [-0.25, -0.2) is 0 Å². The molecular formula is C19H23F3N2O2. The van der Waals surface area contributed by atoms with Crippen molar-refractivity contribution < 1.29 is 22.7 Å². The largest absolute Gasteiger partial charge is 0.492 e. The summed E-state index contributed by atoms with van der Waals surface area (Å²) >= 11 is 0. The highest BCUT2D eigenvalue weighted by Crippen LogP contribution is 2.30. The Morgan fingerprint density at radius 2 is 1.81 bits per heavy atom. The van der Waals surface area contributed by atoms with Gasteiger partial charge in [-0.05, 0) is 58.0 Å². The van der Waals surface area contributed by atoms with Gasteiger partial charge in [-0.15, -0.1) is 0 Å². The summed E-state index contributed by atoms with van der Waals surface area (Å²) in [5.41, 5.74) is 1.81. The molecule has 0 bridgehead atoms. The van der Waals surface area contributed by atoms with Crippen molar-refractivity contribution in [2.75, 3.05) is 13.2 Å². The molecule has 0 spiro atoms. The molecule has 0 saturated carbocycles. The van der Waals surface area contributed by atoms with Crippen LogP contribution in [0.5, 0.6) is 5.75 Å². The minimum Gasteiger partial charge on any atom is -0.492 e. The summed E-state index contributed by atoms with van der Waals surface area (Å²) in [5.74, 6) is 0.131. The van der Waals surface area contributed by atoms with E-state index in [0.29, 0.717) is 11.3 Å². The van der Waals surface area contributed by atoms with E-state index in [1.807, 2.05) is 19.9 Å². The molecule has 2 rings (SSSR count). The molecule has 0 unspecified atom stereocenters. The number of carbonyl (C=O) groups excluding carboxylic acids is 1. The maximum atomic E-state index is 12.5. The Labute approximate surface area is 151 Å². The molecule has 0 aliphatic rings. The number of carbonyl (C=O) groups is 1. The second kappa shape index (κ2) is 7.85. The highest BCUT2D eigenvalue weighted by molar-refractivity contribution is 5.95. The second-order valence-corrected chi connectivity index (χ2v) is 6.38. The van der Waals surface area contributed by atoms with E-state index < -0.39 is 11.7 Å². The number of nitrogens with zero attached hydrogens (tertiary/aromatic N) is 1. The number of benzene rings is 1. The van der Waals surface area contributed by atoms with Crippen LogP contribution >= 0.6 is 0 Å². The Balaban J connectivity index is 1.87. The van der Waals surface area contributed by atoms with E-state index in [-0.39, 0.29) is 25.1 Å². The minimum absolute atomic E-state index is 0.167. The quantitative estimate of drug-likeness (QED) is 0.762. The van der Waals surface area contributed by atoms with E-state index in [4.69, 9.17) is 4.74 Å². The van der Waals surface area contributed by atoms with Gasteiger partial charge in [0, 0.05) is 17.4 Å². The van der Waals surface area contributed by atoms with Crippen molar-refractivity contribution in [3.63, 3.8) is 0 Å². The molecule has 1 heterocycles. The van der Waals surface area contributed by atoms with Crippen LogP contribution in [0.4, 0.5) is 13.2 Å². The molecule has 1 aromatic heterocycles. The molecule has 7 heteroatoms. The zero-order valence-corrected chi connectivity index (χ0v) is 15.3. The lowest BCUT2D eigenvalue weighted by Crippen LogP contribution is -2.28. The fraction of sp³-hybridized carbons (Fsp3) is 0.421. The predicted molar refractivity (Wildman–Crippen MR) is 93.6 cm³/mol. The highest BCUT2D eigenvalue weighted by atomic mass is 19.4. The van der Waals surface area contributed by atoms with Crippen molar-refractivity contribution in [2.24, 2.45) is 0 Å². The average Bonchev–Trinajstić information content (AvgIpc) is 2.85. The maximum Gasteiger partial charge on any atom is 0.416 e. The van der Waals surface area contributed by atoms with Crippen molar-refractivity contribution >= 4 is 5.91 Å². The second-order valence-electron chi connectivity index (χ2n) is 6.38. The molecule has 0 atom stereocenters. The fourth-order valence-corrected chi connectivity index (χ4v) is 2.97. The van der Waals surface area contributed by atoms with Crippen LogP contribution in [-0.4, -0.2) is 23.6 Å². The Bertz CT molecular complexity index is 762. The molecule has 0 radical (unpaired) electrons. The number of alkyl halides is 3. The highest BCUT2D eigenvalue weighted by Gasteiger charge is 2.30. The third kappa shape index (κ3) is 4.59. The van der Waals surface area contributed by atoms with Crippen LogP contribution in [-0.2, 0) is 6.18 Å². The molecule has 1 amide bonds. The zero-order chi connectivity index (χ0) is 19.5. The number of ether oxygens (including phenoxy) is 1. The van der Waals surface area contributed by atoms with Crippen LogP contribution in [0, 0.1) is 13.8 Å². The van der Waals surface area contributed by atoms with Crippen LogP contribution < -0.4 is 10.1 Å². The molecule has 1 aromatic carbocycles. The first-order valence-electron chi connectivity index (χ1n) is 8.38. The molecule has 0 saturated heterocycles. The lowest BCUT2D eigenvalue weighted by atomic mass is 10.2. The van der Waals surface area contributed by atoms with Crippen molar-refractivity contribution in [1.29, 1.82) is 0 Å². The molecular weight excluding hydrogens is 345 g/mol. The minimum atomic E-state index is -4.37. The number of hydrogen-bond donors (Lipinski definition) is 1. The topological polar surface area (TPSA) is 43.3 Å². The van der Waals surface area contributed by atoms with E-state index in [2.05, 4.69) is 23.7 Å². The smallest absolute Gasteiger partial charge is 0.416 e. The monoisotopic (exact) mass is 368 g/mol. The summed E-state index contributed by atoms with van der Waals surface area (Å²) in [6.45, 7) is 8.39. The van der Waals surface area contributed by atoms with Gasteiger partial charge in [0.05, 0.1) is 17.7 Å². The Morgan fingerprint density at radius 1 is 1.19 bits per heavy atom. The van der Waals surface area contributed by atoms with Crippen molar-refractivity contribution in [1.82, 2.24) is 9.88 Å². The summed E-state index contributed by atoms with van der Waals surface area (Å²) < 4.78 is 45.0. The van der Waals surface area contributed by atoms with Gasteiger partial charge in [0.25, 0.3) is 5.91 Å².